The van der Waals surface area contributed by atoms with Crippen LogP contribution in [0.4, 0.5) is 5.13 Å². The van der Waals surface area contributed by atoms with Crippen molar-refractivity contribution in [2.75, 3.05) is 12.0 Å². The van der Waals surface area contributed by atoms with E-state index in [-0.39, 0.29) is 6.10 Å². The third-order valence-electron chi connectivity index (χ3n) is 4.90. The molecule has 7 heteroatoms. The zero-order valence-electron chi connectivity index (χ0n) is 16.8. The minimum absolute atomic E-state index is 0.279. The Morgan fingerprint density at radius 2 is 2.00 bits per heavy atom. The predicted octanol–water partition coefficient (Wildman–Crippen LogP) is 6.74. The quantitative estimate of drug-likeness (QED) is 0.283. The Bertz CT molecular complexity index is 1000. The lowest BCUT2D eigenvalue weighted by molar-refractivity contribution is 0.196. The molecule has 5 nitrogen and oxygen atoms in total. The predicted molar refractivity (Wildman–Crippen MR) is 127 cm³/mol. The van der Waals surface area contributed by atoms with E-state index in [9.17, 15) is 0 Å². The maximum atomic E-state index is 6.19. The summed E-state index contributed by atoms with van der Waals surface area (Å²) in [6, 6.07) is 14.0. The largest absolute Gasteiger partial charge is 0.490 e. The molecule has 30 heavy (non-hydrogen) atoms. The molecule has 0 bridgehead atoms. The SMILES string of the molecule is CCOc1cc(C=NNc2nc(-c3ccccc3)cs2)c(Br)cc1OC1CCCC1. The normalized spacial score (nSPS) is 14.3. The van der Waals surface area contributed by atoms with Gasteiger partial charge in [-0.05, 0) is 60.7 Å². The molecule has 1 aliphatic rings. The summed E-state index contributed by atoms with van der Waals surface area (Å²) in [4.78, 5) is 4.59. The first kappa shape index (κ1) is 20.9. The number of ether oxygens (including phenoxy) is 2. The molecule has 1 aromatic heterocycles. The number of halogens is 1. The number of hydrazone groups is 1. The standard InChI is InChI=1S/C23H24BrN3O2S/c1-2-28-21-12-17(19(24)13-22(21)29-18-10-6-7-11-18)14-25-27-23-26-20(15-30-23)16-8-4-3-5-9-16/h3-5,8-9,12-15,18H,2,6-7,10-11H2,1H3,(H,26,27). The second-order valence-electron chi connectivity index (χ2n) is 7.05. The molecule has 4 rings (SSSR count). The third kappa shape index (κ3) is 5.21. The van der Waals surface area contributed by atoms with Crippen LogP contribution >= 0.6 is 27.3 Å². The van der Waals surface area contributed by atoms with Crippen molar-refractivity contribution >= 4 is 38.6 Å². The highest BCUT2D eigenvalue weighted by Crippen LogP contribution is 2.36. The van der Waals surface area contributed by atoms with E-state index in [1.54, 1.807) is 6.21 Å². The fourth-order valence-electron chi connectivity index (χ4n) is 3.42. The van der Waals surface area contributed by atoms with Crippen LogP contribution in [-0.2, 0) is 0 Å². The van der Waals surface area contributed by atoms with Crippen molar-refractivity contribution in [3.8, 4) is 22.8 Å². The average Bonchev–Trinajstić information content (AvgIpc) is 3.44. The van der Waals surface area contributed by atoms with Crippen molar-refractivity contribution in [2.45, 2.75) is 38.7 Å². The molecule has 0 spiro atoms. The number of aromatic nitrogens is 1. The van der Waals surface area contributed by atoms with Crippen molar-refractivity contribution in [3.63, 3.8) is 0 Å². The number of anilines is 1. The molecule has 0 unspecified atom stereocenters. The van der Waals surface area contributed by atoms with E-state index >= 15 is 0 Å². The van der Waals surface area contributed by atoms with Gasteiger partial charge >= 0.3 is 0 Å². The molecule has 0 saturated heterocycles. The van der Waals surface area contributed by atoms with Gasteiger partial charge in [0.15, 0.2) is 11.5 Å². The maximum Gasteiger partial charge on any atom is 0.203 e. The molecule has 2 aromatic carbocycles. The lowest BCUT2D eigenvalue weighted by Gasteiger charge is -2.17. The van der Waals surface area contributed by atoms with Gasteiger partial charge in [-0.25, -0.2) is 4.98 Å². The summed E-state index contributed by atoms with van der Waals surface area (Å²) in [6.45, 7) is 2.56. The van der Waals surface area contributed by atoms with E-state index in [0.717, 1.165) is 50.8 Å². The van der Waals surface area contributed by atoms with Gasteiger partial charge in [0, 0.05) is 21.0 Å². The van der Waals surface area contributed by atoms with E-state index in [0.29, 0.717) is 6.61 Å². The van der Waals surface area contributed by atoms with Crippen molar-refractivity contribution in [1.29, 1.82) is 0 Å². The number of benzene rings is 2. The number of rotatable bonds is 8. The van der Waals surface area contributed by atoms with Gasteiger partial charge in [0.25, 0.3) is 0 Å². The summed E-state index contributed by atoms with van der Waals surface area (Å²) in [5.74, 6) is 1.53. The Hall–Kier alpha value is -2.38. The van der Waals surface area contributed by atoms with Gasteiger partial charge in [0.2, 0.25) is 5.13 Å². The molecule has 1 heterocycles. The molecule has 156 valence electrons. The molecule has 0 radical (unpaired) electrons. The van der Waals surface area contributed by atoms with E-state index in [4.69, 9.17) is 9.47 Å². The number of thiazole rings is 1. The number of hydrogen-bond donors (Lipinski definition) is 1. The van der Waals surface area contributed by atoms with Crippen LogP contribution in [0.15, 0.2) is 57.4 Å². The highest BCUT2D eigenvalue weighted by Gasteiger charge is 2.19. The summed E-state index contributed by atoms with van der Waals surface area (Å²) < 4.78 is 12.9. The molecule has 3 aromatic rings. The van der Waals surface area contributed by atoms with E-state index in [1.165, 1.54) is 24.2 Å². The second kappa shape index (κ2) is 10.1. The van der Waals surface area contributed by atoms with Crippen LogP contribution in [0.5, 0.6) is 11.5 Å². The molecule has 1 N–H and O–H groups in total. The van der Waals surface area contributed by atoms with Crippen LogP contribution in [-0.4, -0.2) is 23.9 Å². The zero-order chi connectivity index (χ0) is 20.8. The lowest BCUT2D eigenvalue weighted by Crippen LogP contribution is -2.12. The van der Waals surface area contributed by atoms with Crippen molar-refractivity contribution in [3.05, 3.63) is 57.9 Å². The van der Waals surface area contributed by atoms with Crippen LogP contribution in [0.3, 0.4) is 0 Å². The molecule has 1 fully saturated rings. The summed E-state index contributed by atoms with van der Waals surface area (Å²) in [5.41, 5.74) is 5.95. The molecule has 1 aliphatic carbocycles. The van der Waals surface area contributed by atoms with Gasteiger partial charge in [-0.3, -0.25) is 5.43 Å². The minimum atomic E-state index is 0.279. The molecular formula is C23H24BrN3O2S. The van der Waals surface area contributed by atoms with Crippen molar-refractivity contribution in [2.24, 2.45) is 5.10 Å². The molecule has 0 atom stereocenters. The van der Waals surface area contributed by atoms with Gasteiger partial charge in [-0.2, -0.15) is 5.10 Å². The number of nitrogens with zero attached hydrogens (tertiary/aromatic N) is 2. The third-order valence-corrected chi connectivity index (χ3v) is 6.33. The van der Waals surface area contributed by atoms with Crippen molar-refractivity contribution < 1.29 is 9.47 Å². The van der Waals surface area contributed by atoms with Gasteiger partial charge < -0.3 is 9.47 Å². The van der Waals surface area contributed by atoms with E-state index < -0.39 is 0 Å². The Labute approximate surface area is 189 Å². The summed E-state index contributed by atoms with van der Waals surface area (Å²) >= 11 is 5.16. The molecule has 0 amide bonds. The monoisotopic (exact) mass is 485 g/mol. The number of hydrogen-bond acceptors (Lipinski definition) is 6. The van der Waals surface area contributed by atoms with Gasteiger partial charge in [0.1, 0.15) is 0 Å². The van der Waals surface area contributed by atoms with Gasteiger partial charge in [-0.15, -0.1) is 11.3 Å². The highest BCUT2D eigenvalue weighted by molar-refractivity contribution is 9.10. The first-order chi connectivity index (χ1) is 14.7. The first-order valence-corrected chi connectivity index (χ1v) is 11.8. The smallest absolute Gasteiger partial charge is 0.203 e. The lowest BCUT2D eigenvalue weighted by atomic mass is 10.2. The zero-order valence-corrected chi connectivity index (χ0v) is 19.2. The number of nitrogens with one attached hydrogen (secondary N) is 1. The second-order valence-corrected chi connectivity index (χ2v) is 8.76. The summed E-state index contributed by atoms with van der Waals surface area (Å²) in [5, 5.41) is 7.12. The topological polar surface area (TPSA) is 55.7 Å². The summed E-state index contributed by atoms with van der Waals surface area (Å²) in [6.07, 6.45) is 6.71. The minimum Gasteiger partial charge on any atom is -0.490 e. The van der Waals surface area contributed by atoms with Crippen molar-refractivity contribution in [1.82, 2.24) is 4.98 Å². The fourth-order valence-corrected chi connectivity index (χ4v) is 4.51. The van der Waals surface area contributed by atoms with E-state index in [1.807, 2.05) is 54.8 Å². The Morgan fingerprint density at radius 3 is 2.77 bits per heavy atom. The fraction of sp³-hybridized carbons (Fsp3) is 0.304. The average molecular weight is 486 g/mol. The first-order valence-electron chi connectivity index (χ1n) is 10.2. The van der Waals surface area contributed by atoms with Gasteiger partial charge in [0.05, 0.1) is 24.6 Å². The van der Waals surface area contributed by atoms with E-state index in [2.05, 4.69) is 31.4 Å². The molecule has 0 aliphatic heterocycles. The maximum absolute atomic E-state index is 6.19. The molecule has 1 saturated carbocycles. The summed E-state index contributed by atoms with van der Waals surface area (Å²) in [7, 11) is 0. The highest BCUT2D eigenvalue weighted by atomic mass is 79.9. The van der Waals surface area contributed by atoms with Gasteiger partial charge in [-0.1, -0.05) is 30.3 Å². The van der Waals surface area contributed by atoms with Crippen LogP contribution in [0.1, 0.15) is 38.2 Å². The molecular weight excluding hydrogens is 462 g/mol. The Balaban J connectivity index is 1.46. The van der Waals surface area contributed by atoms with Crippen LogP contribution in [0.25, 0.3) is 11.3 Å². The van der Waals surface area contributed by atoms with Crippen LogP contribution < -0.4 is 14.9 Å². The van der Waals surface area contributed by atoms with Crippen LogP contribution in [0, 0.1) is 0 Å². The Morgan fingerprint density at radius 1 is 1.20 bits per heavy atom. The van der Waals surface area contributed by atoms with Crippen LogP contribution in [0.2, 0.25) is 0 Å². The Kier molecular flexibility index (Phi) is 7.02.